The zero-order valence-corrected chi connectivity index (χ0v) is 18.3. The summed E-state index contributed by atoms with van der Waals surface area (Å²) in [7, 11) is 0. The normalized spacial score (nSPS) is 12.0. The molecule has 0 N–H and O–H groups in total. The molecule has 0 fully saturated rings. The van der Waals surface area contributed by atoms with Gasteiger partial charge in [0.1, 0.15) is 5.82 Å². The first kappa shape index (κ1) is 19.0. The zero-order valence-electron chi connectivity index (χ0n) is 17.5. The highest BCUT2D eigenvalue weighted by atomic mass is 32.1. The standard InChI is InChI=1S/C27H24N2S/c1-27(2,3)26-28-20(17-22(29-26)18-10-5-4-6-11-18)16-19-12-9-15-24-25(19)21-13-7-8-14-23(21)30-24/h4-15,17H,16H2,1-3H3. The molecular formula is C27H24N2S. The van der Waals surface area contributed by atoms with E-state index >= 15 is 0 Å². The minimum absolute atomic E-state index is 0.110. The lowest BCUT2D eigenvalue weighted by Crippen LogP contribution is -2.17. The number of rotatable bonds is 3. The van der Waals surface area contributed by atoms with Crippen molar-refractivity contribution in [3.63, 3.8) is 0 Å². The summed E-state index contributed by atoms with van der Waals surface area (Å²) in [5.74, 6) is 0.890. The summed E-state index contributed by atoms with van der Waals surface area (Å²) in [6, 6.07) is 27.9. The van der Waals surface area contributed by atoms with E-state index in [1.54, 1.807) is 0 Å². The number of nitrogens with zero attached hydrogens (tertiary/aromatic N) is 2. The Morgan fingerprint density at radius 1 is 0.767 bits per heavy atom. The van der Waals surface area contributed by atoms with Gasteiger partial charge in [-0.1, -0.05) is 81.4 Å². The lowest BCUT2D eigenvalue weighted by atomic mass is 9.94. The van der Waals surface area contributed by atoms with Crippen LogP contribution >= 0.6 is 11.3 Å². The van der Waals surface area contributed by atoms with Crippen LogP contribution in [0.4, 0.5) is 0 Å². The van der Waals surface area contributed by atoms with Gasteiger partial charge in [0.25, 0.3) is 0 Å². The van der Waals surface area contributed by atoms with Crippen LogP contribution in [0.3, 0.4) is 0 Å². The maximum absolute atomic E-state index is 4.99. The topological polar surface area (TPSA) is 25.8 Å². The van der Waals surface area contributed by atoms with Crippen LogP contribution in [0.5, 0.6) is 0 Å². The van der Waals surface area contributed by atoms with Gasteiger partial charge < -0.3 is 0 Å². The van der Waals surface area contributed by atoms with Crippen LogP contribution in [0.1, 0.15) is 37.9 Å². The maximum Gasteiger partial charge on any atom is 0.134 e. The molecule has 2 aromatic heterocycles. The molecule has 0 aliphatic rings. The first-order valence-corrected chi connectivity index (χ1v) is 11.1. The number of hydrogen-bond donors (Lipinski definition) is 0. The van der Waals surface area contributed by atoms with Gasteiger partial charge in [-0.3, -0.25) is 0 Å². The van der Waals surface area contributed by atoms with Crippen molar-refractivity contribution in [1.82, 2.24) is 9.97 Å². The van der Waals surface area contributed by atoms with Crippen LogP contribution < -0.4 is 0 Å². The molecule has 0 bridgehead atoms. The molecule has 30 heavy (non-hydrogen) atoms. The highest BCUT2D eigenvalue weighted by Crippen LogP contribution is 2.36. The van der Waals surface area contributed by atoms with Gasteiger partial charge >= 0.3 is 0 Å². The molecule has 5 aromatic rings. The van der Waals surface area contributed by atoms with E-state index in [1.807, 2.05) is 17.4 Å². The summed E-state index contributed by atoms with van der Waals surface area (Å²) in [6.07, 6.45) is 0.795. The van der Waals surface area contributed by atoms with Crippen molar-refractivity contribution in [2.24, 2.45) is 0 Å². The minimum atomic E-state index is -0.110. The molecule has 0 saturated carbocycles. The first-order chi connectivity index (χ1) is 14.5. The summed E-state index contributed by atoms with van der Waals surface area (Å²) in [6.45, 7) is 6.52. The van der Waals surface area contributed by atoms with Crippen molar-refractivity contribution in [2.75, 3.05) is 0 Å². The molecule has 2 heterocycles. The van der Waals surface area contributed by atoms with Gasteiger partial charge in [0.05, 0.1) is 5.69 Å². The molecule has 2 nitrogen and oxygen atoms in total. The van der Waals surface area contributed by atoms with Crippen molar-refractivity contribution < 1.29 is 0 Å². The van der Waals surface area contributed by atoms with Gasteiger partial charge in [0.2, 0.25) is 0 Å². The Morgan fingerprint density at radius 2 is 1.50 bits per heavy atom. The van der Waals surface area contributed by atoms with Crippen LogP contribution in [-0.2, 0) is 11.8 Å². The Bertz CT molecular complexity index is 1340. The number of aromatic nitrogens is 2. The van der Waals surface area contributed by atoms with Gasteiger partial charge in [0, 0.05) is 43.3 Å². The van der Waals surface area contributed by atoms with E-state index in [1.165, 1.54) is 25.7 Å². The summed E-state index contributed by atoms with van der Waals surface area (Å²) < 4.78 is 2.67. The van der Waals surface area contributed by atoms with Crippen molar-refractivity contribution >= 4 is 31.5 Å². The third kappa shape index (κ3) is 3.50. The van der Waals surface area contributed by atoms with Crippen LogP contribution in [0.2, 0.25) is 0 Å². The average Bonchev–Trinajstić information content (AvgIpc) is 3.13. The molecule has 0 saturated heterocycles. The van der Waals surface area contributed by atoms with Crippen molar-refractivity contribution in [3.05, 3.63) is 95.9 Å². The lowest BCUT2D eigenvalue weighted by molar-refractivity contribution is 0.543. The largest absolute Gasteiger partial charge is 0.237 e. The highest BCUT2D eigenvalue weighted by molar-refractivity contribution is 7.25. The van der Waals surface area contributed by atoms with E-state index < -0.39 is 0 Å². The van der Waals surface area contributed by atoms with Crippen LogP contribution in [0.15, 0.2) is 78.9 Å². The van der Waals surface area contributed by atoms with E-state index in [9.17, 15) is 0 Å². The Hall–Kier alpha value is -3.04. The molecule has 0 aliphatic heterocycles. The van der Waals surface area contributed by atoms with Gasteiger partial charge in [-0.15, -0.1) is 11.3 Å². The number of thiophene rings is 1. The van der Waals surface area contributed by atoms with Crippen LogP contribution in [0.25, 0.3) is 31.4 Å². The monoisotopic (exact) mass is 408 g/mol. The second-order valence-electron chi connectivity index (χ2n) is 8.75. The third-order valence-electron chi connectivity index (χ3n) is 5.38. The van der Waals surface area contributed by atoms with Gasteiger partial charge in [-0.25, -0.2) is 9.97 Å². The fourth-order valence-corrected chi connectivity index (χ4v) is 5.02. The Labute approximate surface area is 181 Å². The van der Waals surface area contributed by atoms with Gasteiger partial charge in [-0.05, 0) is 23.8 Å². The summed E-state index contributed by atoms with van der Waals surface area (Å²) in [4.78, 5) is 9.90. The predicted molar refractivity (Wildman–Crippen MR) is 128 cm³/mol. The third-order valence-corrected chi connectivity index (χ3v) is 6.52. The lowest BCUT2D eigenvalue weighted by Gasteiger charge is -2.19. The molecule has 3 heteroatoms. The molecule has 0 amide bonds. The number of benzene rings is 3. The van der Waals surface area contributed by atoms with Crippen LogP contribution in [-0.4, -0.2) is 9.97 Å². The molecule has 3 aromatic carbocycles. The fraction of sp³-hybridized carbons (Fsp3) is 0.185. The molecule has 148 valence electrons. The van der Waals surface area contributed by atoms with E-state index in [2.05, 4.69) is 93.6 Å². The van der Waals surface area contributed by atoms with Crippen LogP contribution in [0, 0.1) is 0 Å². The zero-order chi connectivity index (χ0) is 20.7. The van der Waals surface area contributed by atoms with Gasteiger partial charge in [0.15, 0.2) is 0 Å². The molecule has 5 rings (SSSR count). The van der Waals surface area contributed by atoms with E-state index in [-0.39, 0.29) is 5.41 Å². The van der Waals surface area contributed by atoms with Crippen molar-refractivity contribution in [1.29, 1.82) is 0 Å². The molecule has 0 aliphatic carbocycles. The SMILES string of the molecule is CC(C)(C)c1nc(Cc2cccc3sc4ccccc4c23)cc(-c2ccccc2)n1. The highest BCUT2D eigenvalue weighted by Gasteiger charge is 2.20. The molecule has 0 atom stereocenters. The molecule has 0 spiro atoms. The summed E-state index contributed by atoms with van der Waals surface area (Å²) in [5, 5.41) is 2.69. The van der Waals surface area contributed by atoms with Gasteiger partial charge in [-0.2, -0.15) is 0 Å². The Kier molecular flexibility index (Phi) is 4.63. The Balaban J connectivity index is 1.66. The number of hydrogen-bond acceptors (Lipinski definition) is 3. The maximum atomic E-state index is 4.99. The summed E-state index contributed by atoms with van der Waals surface area (Å²) in [5.41, 5.74) is 4.40. The van der Waals surface area contributed by atoms with E-state index in [0.29, 0.717) is 0 Å². The fourth-order valence-electron chi connectivity index (χ4n) is 3.87. The van der Waals surface area contributed by atoms with E-state index in [0.717, 1.165) is 29.2 Å². The first-order valence-electron chi connectivity index (χ1n) is 10.3. The van der Waals surface area contributed by atoms with Crippen molar-refractivity contribution in [3.8, 4) is 11.3 Å². The predicted octanol–water partition coefficient (Wildman–Crippen LogP) is 7.40. The smallest absolute Gasteiger partial charge is 0.134 e. The minimum Gasteiger partial charge on any atom is -0.237 e. The van der Waals surface area contributed by atoms with E-state index in [4.69, 9.17) is 9.97 Å². The number of fused-ring (bicyclic) bond motifs is 3. The molecule has 0 radical (unpaired) electrons. The molecular weight excluding hydrogens is 384 g/mol. The average molecular weight is 409 g/mol. The van der Waals surface area contributed by atoms with Crippen molar-refractivity contribution in [2.45, 2.75) is 32.6 Å². The Morgan fingerprint density at radius 3 is 2.30 bits per heavy atom. The second-order valence-corrected chi connectivity index (χ2v) is 9.83. The quantitative estimate of drug-likeness (QED) is 0.311. The second kappa shape index (κ2) is 7.33. The molecule has 0 unspecified atom stereocenters. The summed E-state index contributed by atoms with van der Waals surface area (Å²) >= 11 is 1.86.